The molecule has 0 N–H and O–H groups in total. The van der Waals surface area contributed by atoms with Crippen LogP contribution >= 0.6 is 70.7 Å². The van der Waals surface area contributed by atoms with Gasteiger partial charge in [-0.25, -0.2) is 0 Å². The maximum Gasteiger partial charge on any atom is 0.107 e. The molecule has 2 rings (SSSR count). The smallest absolute Gasteiger partial charge is 0.107 e. The summed E-state index contributed by atoms with van der Waals surface area (Å²) < 4.78 is 2.88. The van der Waals surface area contributed by atoms with Crippen LogP contribution in [0.1, 0.15) is 20.8 Å². The minimum atomic E-state index is 0.183. The highest BCUT2D eigenvalue weighted by Crippen LogP contribution is 2.41. The first-order chi connectivity index (χ1) is 7.99. The van der Waals surface area contributed by atoms with Crippen molar-refractivity contribution in [2.45, 2.75) is 11.8 Å². The molecule has 1 aromatic heterocycles. The third-order valence-corrected chi connectivity index (χ3v) is 7.14. The summed E-state index contributed by atoms with van der Waals surface area (Å²) in [5.41, 5.74) is 2.46. The lowest BCUT2D eigenvalue weighted by Gasteiger charge is -2.09. The Labute approximate surface area is 135 Å². The minimum Gasteiger partial charge on any atom is -0.126 e. The number of aryl methyl sites for hydroxylation is 1. The summed E-state index contributed by atoms with van der Waals surface area (Å²) in [5.74, 6) is 0. The van der Waals surface area contributed by atoms with E-state index in [2.05, 4.69) is 79.0 Å². The third-order valence-electron chi connectivity index (χ3n) is 2.39. The SMILES string of the molecule is Cc1cc(C(Br)c2cc(Br)c(Cl)s2)ccc1Br. The van der Waals surface area contributed by atoms with E-state index in [1.165, 1.54) is 16.0 Å². The molecular weight excluding hydrogens is 451 g/mol. The van der Waals surface area contributed by atoms with Crippen LogP contribution in [0.3, 0.4) is 0 Å². The van der Waals surface area contributed by atoms with Crippen LogP contribution in [0, 0.1) is 6.92 Å². The molecule has 0 aliphatic heterocycles. The molecule has 0 saturated carbocycles. The van der Waals surface area contributed by atoms with Gasteiger partial charge in [-0.2, -0.15) is 0 Å². The van der Waals surface area contributed by atoms with Crippen LogP contribution in [-0.4, -0.2) is 0 Å². The molecular formula is C12H8Br3ClS. The summed E-state index contributed by atoms with van der Waals surface area (Å²) in [6, 6.07) is 8.41. The minimum absolute atomic E-state index is 0.183. The lowest BCUT2D eigenvalue weighted by Crippen LogP contribution is -1.90. The van der Waals surface area contributed by atoms with Crippen molar-refractivity contribution in [2.24, 2.45) is 0 Å². The molecule has 0 radical (unpaired) electrons. The first-order valence-electron chi connectivity index (χ1n) is 4.84. The molecule has 0 fully saturated rings. The molecule has 0 nitrogen and oxygen atoms in total. The number of hydrogen-bond acceptors (Lipinski definition) is 1. The van der Waals surface area contributed by atoms with Crippen LogP contribution in [-0.2, 0) is 0 Å². The van der Waals surface area contributed by atoms with Gasteiger partial charge in [0.2, 0.25) is 0 Å². The maximum atomic E-state index is 6.06. The topological polar surface area (TPSA) is 0 Å². The summed E-state index contributed by atoms with van der Waals surface area (Å²) in [5, 5.41) is 0. The fourth-order valence-electron chi connectivity index (χ4n) is 1.48. The van der Waals surface area contributed by atoms with E-state index in [0.29, 0.717) is 0 Å². The molecule has 5 heteroatoms. The molecule has 0 saturated heterocycles. The van der Waals surface area contributed by atoms with E-state index < -0.39 is 0 Å². The van der Waals surface area contributed by atoms with E-state index in [1.807, 2.05) is 0 Å². The zero-order valence-electron chi connectivity index (χ0n) is 8.81. The van der Waals surface area contributed by atoms with Crippen LogP contribution in [0.5, 0.6) is 0 Å². The van der Waals surface area contributed by atoms with E-state index in [9.17, 15) is 0 Å². The van der Waals surface area contributed by atoms with Crippen molar-refractivity contribution in [3.8, 4) is 0 Å². The van der Waals surface area contributed by atoms with E-state index in [1.54, 1.807) is 11.3 Å². The highest BCUT2D eigenvalue weighted by molar-refractivity contribution is 9.11. The van der Waals surface area contributed by atoms with Gasteiger partial charge in [-0.15, -0.1) is 11.3 Å². The summed E-state index contributed by atoms with van der Waals surface area (Å²) in [6.07, 6.45) is 0. The lowest BCUT2D eigenvalue weighted by atomic mass is 10.1. The third kappa shape index (κ3) is 3.16. The molecule has 1 unspecified atom stereocenters. The van der Waals surface area contributed by atoms with E-state index in [0.717, 1.165) is 13.3 Å². The lowest BCUT2D eigenvalue weighted by molar-refractivity contribution is 1.20. The van der Waals surface area contributed by atoms with Crippen molar-refractivity contribution in [1.82, 2.24) is 0 Å². The highest BCUT2D eigenvalue weighted by Gasteiger charge is 2.15. The Bertz CT molecular complexity index is 531. The molecule has 1 atom stereocenters. The average Bonchev–Trinajstić information content (AvgIpc) is 2.62. The second-order valence-electron chi connectivity index (χ2n) is 3.64. The molecule has 0 aliphatic rings. The first kappa shape index (κ1) is 14.1. The van der Waals surface area contributed by atoms with Gasteiger partial charge in [0.15, 0.2) is 0 Å². The van der Waals surface area contributed by atoms with Gasteiger partial charge < -0.3 is 0 Å². The van der Waals surface area contributed by atoms with Crippen molar-refractivity contribution < 1.29 is 0 Å². The molecule has 90 valence electrons. The van der Waals surface area contributed by atoms with Gasteiger partial charge in [0.05, 0.1) is 4.83 Å². The summed E-state index contributed by atoms with van der Waals surface area (Å²) in [4.78, 5) is 1.38. The summed E-state index contributed by atoms with van der Waals surface area (Å²) in [7, 11) is 0. The number of rotatable bonds is 2. The van der Waals surface area contributed by atoms with E-state index >= 15 is 0 Å². The van der Waals surface area contributed by atoms with Gasteiger partial charge in [-0.05, 0) is 46.1 Å². The number of halogens is 4. The number of hydrogen-bond donors (Lipinski definition) is 0. The standard InChI is InChI=1S/C12H8Br3ClS/c1-6-4-7(2-3-8(6)13)11(15)10-5-9(14)12(16)17-10/h2-5,11H,1H3. The van der Waals surface area contributed by atoms with Gasteiger partial charge in [-0.3, -0.25) is 0 Å². The van der Waals surface area contributed by atoms with Gasteiger partial charge in [0.25, 0.3) is 0 Å². The number of thiophene rings is 1. The van der Waals surface area contributed by atoms with Gasteiger partial charge >= 0.3 is 0 Å². The first-order valence-corrected chi connectivity index (χ1v) is 8.53. The second-order valence-corrected chi connectivity index (χ2v) is 7.95. The van der Waals surface area contributed by atoms with Crippen molar-refractivity contribution in [3.63, 3.8) is 0 Å². The van der Waals surface area contributed by atoms with Crippen LogP contribution in [0.4, 0.5) is 0 Å². The number of alkyl halides is 1. The average molecular weight is 459 g/mol. The molecule has 0 spiro atoms. The van der Waals surface area contributed by atoms with Crippen LogP contribution in [0.2, 0.25) is 4.34 Å². The van der Waals surface area contributed by atoms with Crippen molar-refractivity contribution in [1.29, 1.82) is 0 Å². The Morgan fingerprint density at radius 3 is 2.41 bits per heavy atom. The Hall–Kier alpha value is 0.650. The second kappa shape index (κ2) is 5.74. The fourth-order valence-corrected chi connectivity index (χ4v) is 4.16. The Morgan fingerprint density at radius 1 is 1.18 bits per heavy atom. The highest BCUT2D eigenvalue weighted by atomic mass is 79.9. The molecule has 17 heavy (non-hydrogen) atoms. The quantitative estimate of drug-likeness (QED) is 0.438. The number of benzene rings is 1. The molecule has 1 aromatic carbocycles. The molecule has 1 heterocycles. The van der Waals surface area contributed by atoms with Crippen molar-refractivity contribution in [3.05, 3.63) is 53.6 Å². The summed E-state index contributed by atoms with van der Waals surface area (Å²) in [6.45, 7) is 2.09. The monoisotopic (exact) mass is 456 g/mol. The van der Waals surface area contributed by atoms with Crippen LogP contribution in [0.25, 0.3) is 0 Å². The Kier molecular flexibility index (Phi) is 4.75. The van der Waals surface area contributed by atoms with Crippen molar-refractivity contribution >= 4 is 70.7 Å². The summed E-state index contributed by atoms with van der Waals surface area (Å²) >= 11 is 18.3. The molecule has 0 bridgehead atoms. The zero-order valence-corrected chi connectivity index (χ0v) is 15.1. The van der Waals surface area contributed by atoms with Crippen molar-refractivity contribution in [2.75, 3.05) is 0 Å². The Balaban J connectivity index is 2.36. The van der Waals surface area contributed by atoms with E-state index in [4.69, 9.17) is 11.6 Å². The largest absolute Gasteiger partial charge is 0.126 e. The normalized spacial score (nSPS) is 12.8. The maximum absolute atomic E-state index is 6.06. The Morgan fingerprint density at radius 2 is 1.88 bits per heavy atom. The predicted octanol–water partition coefficient (Wildman–Crippen LogP) is 6.72. The van der Waals surface area contributed by atoms with E-state index in [-0.39, 0.29) is 4.83 Å². The van der Waals surface area contributed by atoms with Crippen LogP contribution in [0.15, 0.2) is 33.2 Å². The molecule has 0 aliphatic carbocycles. The van der Waals surface area contributed by atoms with Gasteiger partial charge in [-0.1, -0.05) is 55.6 Å². The van der Waals surface area contributed by atoms with Gasteiger partial charge in [0.1, 0.15) is 4.34 Å². The van der Waals surface area contributed by atoms with Gasteiger partial charge in [0, 0.05) is 13.8 Å². The fraction of sp³-hybridized carbons (Fsp3) is 0.167. The predicted molar refractivity (Wildman–Crippen MR) is 86.7 cm³/mol. The molecule has 2 aromatic rings. The molecule has 0 amide bonds. The van der Waals surface area contributed by atoms with Crippen LogP contribution < -0.4 is 0 Å². The zero-order chi connectivity index (χ0) is 12.6.